The number of pyridine rings is 2. The van der Waals surface area contributed by atoms with Crippen LogP contribution in [0, 0.1) is 17.8 Å². The van der Waals surface area contributed by atoms with Gasteiger partial charge < -0.3 is 69.5 Å². The van der Waals surface area contributed by atoms with E-state index in [9.17, 15) is 44.4 Å². The minimum Gasteiger partial charge on any atom is -0.477 e. The molecule has 14 atom stereocenters. The molecule has 0 bridgehead atoms. The molecule has 1 amide bonds. The number of ether oxygens (including phenoxy) is 5. The fraction of sp³-hybridized carbons (Fsp3) is 0.593. The van der Waals surface area contributed by atoms with E-state index in [1.54, 1.807) is 57.5 Å². The Morgan fingerprint density at radius 2 is 1.73 bits per heavy atom. The van der Waals surface area contributed by atoms with Crippen molar-refractivity contribution in [3.63, 3.8) is 0 Å². The molecule has 7 rings (SSSR count). The molecule has 0 radical (unpaired) electrons. The second kappa shape index (κ2) is 26.6. The van der Waals surface area contributed by atoms with E-state index in [4.69, 9.17) is 35.3 Å². The van der Waals surface area contributed by atoms with Gasteiger partial charge in [0.2, 0.25) is 11.3 Å². The van der Waals surface area contributed by atoms with Gasteiger partial charge in [-0.2, -0.15) is 0 Å². The van der Waals surface area contributed by atoms with Crippen molar-refractivity contribution in [2.24, 2.45) is 17.8 Å². The molecular weight excluding hydrogens is 1050 g/mol. The first-order chi connectivity index (χ1) is 37.9. The average molecular weight is 1130 g/mol. The number of carboxylic acids is 1. The van der Waals surface area contributed by atoms with Crippen LogP contribution in [0.25, 0.3) is 27.9 Å². The van der Waals surface area contributed by atoms with Crippen molar-refractivity contribution in [2.75, 3.05) is 45.7 Å². The zero-order valence-corrected chi connectivity index (χ0v) is 48.3. The third-order valence-electron chi connectivity index (χ3n) is 16.1. The first kappa shape index (κ1) is 62.1. The number of cyclic esters (lactones) is 1. The van der Waals surface area contributed by atoms with Crippen molar-refractivity contribution in [3.05, 3.63) is 87.3 Å². The van der Waals surface area contributed by atoms with Gasteiger partial charge in [-0.15, -0.1) is 0 Å². The highest BCUT2D eigenvalue weighted by Crippen LogP contribution is 2.41. The maximum Gasteiger partial charge on any atom is 0.341 e. The first-order valence-electron chi connectivity index (χ1n) is 27.8. The predicted octanol–water partition coefficient (Wildman–Crippen LogP) is 6.09. The van der Waals surface area contributed by atoms with Crippen LogP contribution in [-0.2, 0) is 38.1 Å². The summed E-state index contributed by atoms with van der Waals surface area (Å²) in [6.07, 6.45) is 0.773. The summed E-state index contributed by atoms with van der Waals surface area (Å²) >= 11 is 6.69. The summed E-state index contributed by atoms with van der Waals surface area (Å²) in [5.74, 6) is -6.80. The minimum absolute atomic E-state index is 0.00274. The van der Waals surface area contributed by atoms with Crippen molar-refractivity contribution < 1.29 is 63.3 Å². The molecule has 4 heterocycles. The number of aliphatic hydroxyl groups excluding tert-OH is 2. The number of amides is 1. The Morgan fingerprint density at radius 1 is 1.00 bits per heavy atom. The lowest BCUT2D eigenvalue weighted by atomic mass is 9.78. The summed E-state index contributed by atoms with van der Waals surface area (Å²) in [4.78, 5) is 74.5. The van der Waals surface area contributed by atoms with Crippen LogP contribution in [0.5, 0.6) is 0 Å². The maximum atomic E-state index is 14.6. The number of rotatable bonds is 18. The molecule has 20 nitrogen and oxygen atoms in total. The predicted molar refractivity (Wildman–Crippen MR) is 303 cm³/mol. The Kier molecular flexibility index (Phi) is 20.6. The Hall–Kier alpha value is -5.55. The lowest BCUT2D eigenvalue weighted by Gasteiger charge is -2.48. The largest absolute Gasteiger partial charge is 0.477 e. The van der Waals surface area contributed by atoms with E-state index in [0.717, 1.165) is 29.3 Å². The quantitative estimate of drug-likeness (QED) is 0.0439. The van der Waals surface area contributed by atoms with Gasteiger partial charge >= 0.3 is 17.9 Å². The van der Waals surface area contributed by atoms with E-state index in [1.165, 1.54) is 20.0 Å². The second-order valence-electron chi connectivity index (χ2n) is 22.7. The highest BCUT2D eigenvalue weighted by Gasteiger charge is 2.52. The van der Waals surface area contributed by atoms with E-state index >= 15 is 0 Å². The third kappa shape index (κ3) is 14.4. The van der Waals surface area contributed by atoms with Crippen LogP contribution in [-0.4, -0.2) is 165 Å². The van der Waals surface area contributed by atoms with Crippen molar-refractivity contribution >= 4 is 69.0 Å². The van der Waals surface area contributed by atoms with Crippen LogP contribution in [0.3, 0.4) is 0 Å². The molecule has 2 saturated heterocycles. The molecule has 0 spiro atoms. The molecule has 2 aromatic carbocycles. The SMILES string of the molecule is CC[C@H]1OC(=O)[C@H](C)[C@@H](OC(=O)CCNCCNc2cc3c(=O)c(C(=O)O)cn(C4CC4)c3cc2Cl)[C@H](C)[C@@H](O[C@@H]2O[C@H](C)C[C@H](N(C)C)[C@H]2O)[C@](C)(OC/C=C/c2ccnc3ccccc23)C[C@@H](C)NC(=O)[C@H](C)[C@@H](O)[C@]1(C)O. The van der Waals surface area contributed by atoms with Crippen LogP contribution in [0.15, 0.2) is 65.7 Å². The number of halogens is 1. The number of aliphatic hydroxyl groups is 3. The van der Waals surface area contributed by atoms with Gasteiger partial charge in [0.1, 0.15) is 29.5 Å². The average Bonchev–Trinajstić information content (AvgIpc) is 4.26. The standard InChI is InChI=1S/C59H81ClN6O14/c1-11-47-59(8,75)52(70)36(6)54(71)64-32(2)30-58(7,76-26-14-15-37-20-23-62-43-17-13-12-16-39(37)43)53(80-57-50(69)46(65(9)10)27-33(3)77-57)34(4)51(35(5)56(74)78-47)79-48(67)21-22-61-24-25-63-44-28-40-45(29-42(44)60)66(38-18-19-38)31-41(49(40)68)55(72)73/h12-17,20,23,28-29,31-36,38,46-47,50-53,57,61,63,69-70,75H,11,18-19,21-22,24-27,30H2,1-10H3,(H,64,71)(H,72,73)/b15-14+/t32-,33-,34+,35-,36-,46+,47-,50-,51+,52-,53-,57+,58-,59-/m1/s1. The molecule has 21 heteroatoms. The summed E-state index contributed by atoms with van der Waals surface area (Å²) < 4.78 is 34.6. The number of nitrogens with one attached hydrogen (secondary N) is 3. The van der Waals surface area contributed by atoms with E-state index in [2.05, 4.69) is 20.9 Å². The van der Waals surface area contributed by atoms with Crippen LogP contribution in [0.1, 0.15) is 116 Å². The van der Waals surface area contributed by atoms with E-state index in [0.29, 0.717) is 35.7 Å². The zero-order chi connectivity index (χ0) is 58.4. The molecule has 438 valence electrons. The number of carboxylic acid groups (broad SMARTS) is 1. The number of aromatic nitrogens is 2. The van der Waals surface area contributed by atoms with Crippen molar-refractivity contribution in [3.8, 4) is 0 Å². The van der Waals surface area contributed by atoms with E-state index in [1.807, 2.05) is 68.4 Å². The molecule has 80 heavy (non-hydrogen) atoms. The number of benzene rings is 2. The Bertz CT molecular complexity index is 2930. The summed E-state index contributed by atoms with van der Waals surface area (Å²) in [6, 6.07) is 11.9. The van der Waals surface area contributed by atoms with Crippen LogP contribution in [0.2, 0.25) is 5.02 Å². The van der Waals surface area contributed by atoms with Gasteiger partial charge in [-0.1, -0.05) is 62.7 Å². The van der Waals surface area contributed by atoms with Gasteiger partial charge in [-0.25, -0.2) is 4.79 Å². The molecule has 1 saturated carbocycles. The van der Waals surface area contributed by atoms with Crippen LogP contribution < -0.4 is 21.4 Å². The van der Waals surface area contributed by atoms with Crippen LogP contribution in [0.4, 0.5) is 5.69 Å². The monoisotopic (exact) mass is 1130 g/mol. The number of hydrogen-bond donors (Lipinski definition) is 7. The molecule has 7 N–H and O–H groups in total. The lowest BCUT2D eigenvalue weighted by Crippen LogP contribution is -2.60. The number of fused-ring (bicyclic) bond motifs is 2. The van der Waals surface area contributed by atoms with Gasteiger partial charge in [0, 0.05) is 66.8 Å². The topological polar surface area (TPSA) is 270 Å². The number of carbonyl (C=O) groups excluding carboxylic acids is 3. The fourth-order valence-corrected chi connectivity index (χ4v) is 11.6. The second-order valence-corrected chi connectivity index (χ2v) is 23.1. The minimum atomic E-state index is -2.10. The summed E-state index contributed by atoms with van der Waals surface area (Å²) in [6.45, 7) is 13.9. The summed E-state index contributed by atoms with van der Waals surface area (Å²) in [5, 5.41) is 56.2. The Labute approximate surface area is 472 Å². The normalized spacial score (nSPS) is 31.1. The van der Waals surface area contributed by atoms with Gasteiger partial charge in [-0.3, -0.25) is 24.2 Å². The van der Waals surface area contributed by atoms with Gasteiger partial charge in [0.15, 0.2) is 6.29 Å². The Balaban J connectivity index is 1.18. The highest BCUT2D eigenvalue weighted by molar-refractivity contribution is 6.34. The lowest BCUT2D eigenvalue weighted by molar-refractivity contribution is -0.302. The van der Waals surface area contributed by atoms with Crippen molar-refractivity contribution in [1.29, 1.82) is 0 Å². The van der Waals surface area contributed by atoms with E-state index < -0.39 is 101 Å². The van der Waals surface area contributed by atoms with E-state index in [-0.39, 0.29) is 61.6 Å². The number of nitrogens with zero attached hydrogens (tertiary/aromatic N) is 3. The van der Waals surface area contributed by atoms with Gasteiger partial charge in [0.05, 0.1) is 70.5 Å². The molecule has 2 aromatic heterocycles. The molecule has 4 aromatic rings. The zero-order valence-electron chi connectivity index (χ0n) is 47.5. The number of esters is 2. The molecule has 2 aliphatic heterocycles. The highest BCUT2D eigenvalue weighted by atomic mass is 35.5. The number of carbonyl (C=O) groups is 4. The number of hydrogen-bond acceptors (Lipinski definition) is 17. The Morgan fingerprint density at radius 3 is 2.41 bits per heavy atom. The smallest absolute Gasteiger partial charge is 0.341 e. The third-order valence-corrected chi connectivity index (χ3v) is 16.4. The van der Waals surface area contributed by atoms with Gasteiger partial charge in [-0.05, 0) is 111 Å². The fourth-order valence-electron chi connectivity index (χ4n) is 11.4. The number of anilines is 1. The number of likely N-dealkylation sites (N-methyl/N-ethyl adjacent to an activating group) is 1. The molecule has 3 fully saturated rings. The summed E-state index contributed by atoms with van der Waals surface area (Å²) in [7, 11) is 3.71. The van der Waals surface area contributed by atoms with Crippen molar-refractivity contribution in [1.82, 2.24) is 25.1 Å². The van der Waals surface area contributed by atoms with Crippen molar-refractivity contribution in [2.45, 2.75) is 166 Å². The molecule has 3 aliphatic rings. The molecule has 1 aliphatic carbocycles. The first-order valence-corrected chi connectivity index (χ1v) is 28.2. The summed E-state index contributed by atoms with van der Waals surface area (Å²) in [5.41, 5.74) is -1.79. The maximum absolute atomic E-state index is 14.6. The molecule has 0 unspecified atom stereocenters. The molecular formula is C59H81ClN6O14. The number of para-hydroxylation sites is 1. The van der Waals surface area contributed by atoms with Crippen LogP contribution >= 0.6 is 11.6 Å². The van der Waals surface area contributed by atoms with Gasteiger partial charge in [0.25, 0.3) is 0 Å². The number of aromatic carboxylic acids is 1.